The molecule has 4 atom stereocenters. The van der Waals surface area contributed by atoms with Crippen LogP contribution >= 0.6 is 0 Å². The molecule has 120 heavy (non-hydrogen) atoms. The molecule has 0 aromatic heterocycles. The van der Waals surface area contributed by atoms with E-state index in [0.29, 0.717) is 51.7 Å². The number of imide groups is 4. The van der Waals surface area contributed by atoms with Gasteiger partial charge in [-0.25, -0.2) is 33.7 Å². The van der Waals surface area contributed by atoms with E-state index in [4.69, 9.17) is 14.2 Å². The molecule has 5 N–H and O–H groups in total. The first-order valence-electron chi connectivity index (χ1n) is 36.8. The first kappa shape index (κ1) is 91.1. The molecule has 0 aliphatic carbocycles. The number of hydrogen-bond acceptors (Lipinski definition) is 24. The van der Waals surface area contributed by atoms with E-state index in [0.717, 1.165) is 61.3 Å². The van der Waals surface area contributed by atoms with Crippen LogP contribution in [0.25, 0.3) is 0 Å². The molecule has 4 aliphatic heterocycles. The van der Waals surface area contributed by atoms with Gasteiger partial charge in [-0.05, 0) is 152 Å². The zero-order valence-corrected chi connectivity index (χ0v) is 71.2. The molecule has 4 aliphatic rings. The van der Waals surface area contributed by atoms with Crippen LogP contribution < -0.4 is 35.5 Å². The number of phenols is 1. The summed E-state index contributed by atoms with van der Waals surface area (Å²) in [6, 6.07) is 33.6. The molecule has 8 aromatic rings. The Morgan fingerprint density at radius 3 is 0.825 bits per heavy atom. The number of anilines is 4. The van der Waals surface area contributed by atoms with Gasteiger partial charge in [0, 0.05) is 52.7 Å². The quantitative estimate of drug-likeness (QED) is 0.0351. The molecule has 0 spiro atoms. The Morgan fingerprint density at radius 1 is 0.342 bits per heavy atom. The monoisotopic (exact) mass is 1720 g/mol. The molecule has 12 amide bonds. The van der Waals surface area contributed by atoms with Crippen molar-refractivity contribution >= 4 is 133 Å². The first-order valence-corrected chi connectivity index (χ1v) is 45.0. The summed E-state index contributed by atoms with van der Waals surface area (Å²) in [6.45, 7) is 14.5. The van der Waals surface area contributed by atoms with Gasteiger partial charge in [0.2, 0.25) is 23.6 Å². The van der Waals surface area contributed by atoms with Gasteiger partial charge in [0.15, 0.2) is 0 Å². The Morgan fingerprint density at radius 2 is 0.592 bits per heavy atom. The third kappa shape index (κ3) is 20.8. The third-order valence-electron chi connectivity index (χ3n) is 19.2. The van der Waals surface area contributed by atoms with Crippen molar-refractivity contribution in [1.82, 2.24) is 19.6 Å². The number of carbonyl (C=O) groups is 12. The summed E-state index contributed by atoms with van der Waals surface area (Å²) >= 11 is 0. The molecule has 32 nitrogen and oxygen atoms in total. The number of fused-ring (bicyclic) bond motifs is 4. The van der Waals surface area contributed by atoms with Crippen molar-refractivity contribution in [2.24, 2.45) is 0 Å². The molecule has 632 valence electrons. The number of hydrogen-bond donors (Lipinski definition) is 5. The fourth-order valence-electron chi connectivity index (χ4n) is 14.2. The number of methoxy groups -OCH3 is 2. The van der Waals surface area contributed by atoms with Gasteiger partial charge in [-0.1, -0.05) is 72.8 Å². The van der Waals surface area contributed by atoms with E-state index >= 15 is 0 Å². The number of aromatic hydroxyl groups is 1. The number of nitrogens with zero attached hydrogens (tertiary/aromatic N) is 4. The van der Waals surface area contributed by atoms with Crippen LogP contribution in [0, 0.1) is 27.7 Å². The molecule has 0 bridgehead atoms. The average Bonchev–Trinajstić information content (AvgIpc) is 1.62. The van der Waals surface area contributed by atoms with Crippen LogP contribution in [0.5, 0.6) is 23.0 Å². The van der Waals surface area contributed by atoms with Crippen LogP contribution in [0.1, 0.15) is 186 Å². The van der Waals surface area contributed by atoms with Gasteiger partial charge in [0.1, 0.15) is 62.3 Å². The zero-order valence-electron chi connectivity index (χ0n) is 68.0. The van der Waals surface area contributed by atoms with Crippen molar-refractivity contribution in [2.45, 2.75) is 86.5 Å². The lowest BCUT2D eigenvalue weighted by molar-refractivity contribution is -0.115. The van der Waals surface area contributed by atoms with Gasteiger partial charge in [-0.2, -0.15) is 0 Å². The highest BCUT2D eigenvalue weighted by Gasteiger charge is 2.48. The number of ether oxygens (including phenoxy) is 3. The number of carbonyl (C=O) groups excluding carboxylic acids is 12. The second-order valence-electron chi connectivity index (χ2n) is 29.0. The number of aryl methyl sites for hydroxylation is 4. The van der Waals surface area contributed by atoms with Crippen LogP contribution in [0.3, 0.4) is 0 Å². The lowest BCUT2D eigenvalue weighted by Gasteiger charge is -2.27. The second kappa shape index (κ2) is 36.6. The molecular weight excluding hydrogens is 1630 g/mol. The van der Waals surface area contributed by atoms with E-state index in [1.807, 2.05) is 13.8 Å². The van der Waals surface area contributed by atoms with Crippen LogP contribution in [-0.4, -0.2) is 198 Å². The normalized spacial score (nSPS) is 14.5. The number of phenolic OH excluding ortho intramolecular Hbond substituents is 1. The molecule has 0 saturated heterocycles. The summed E-state index contributed by atoms with van der Waals surface area (Å²) in [7, 11) is -11.2. The van der Waals surface area contributed by atoms with Crippen LogP contribution in [0.2, 0.25) is 0 Å². The van der Waals surface area contributed by atoms with Crippen molar-refractivity contribution in [3.63, 3.8) is 0 Å². The van der Waals surface area contributed by atoms with Crippen molar-refractivity contribution < 1.29 is 111 Å². The summed E-state index contributed by atoms with van der Waals surface area (Å²) < 4.78 is 113. The maximum absolute atomic E-state index is 13.3. The Labute approximate surface area is 693 Å². The van der Waals surface area contributed by atoms with Crippen molar-refractivity contribution in [3.8, 4) is 23.0 Å². The minimum Gasteiger partial charge on any atom is -0.508 e. The van der Waals surface area contributed by atoms with Crippen LogP contribution in [-0.2, 0) is 58.5 Å². The molecule has 0 radical (unpaired) electrons. The van der Waals surface area contributed by atoms with E-state index in [1.165, 1.54) is 109 Å². The van der Waals surface area contributed by atoms with Crippen molar-refractivity contribution in [2.75, 3.05) is 90.1 Å². The summed E-state index contributed by atoms with van der Waals surface area (Å²) in [5.74, 6) is -6.69. The minimum atomic E-state index is -3.57. The zero-order chi connectivity index (χ0) is 88.9. The van der Waals surface area contributed by atoms with Crippen molar-refractivity contribution in [1.29, 1.82) is 0 Å². The van der Waals surface area contributed by atoms with E-state index in [9.17, 15) is 96.3 Å². The Hall–Kier alpha value is -12.8. The molecule has 0 unspecified atom stereocenters. The predicted octanol–water partition coefficient (Wildman–Crippen LogP) is 9.46. The first-order chi connectivity index (χ1) is 56.1. The second-order valence-corrected chi connectivity index (χ2v) is 37.7. The highest BCUT2D eigenvalue weighted by molar-refractivity contribution is 7.91. The predicted molar refractivity (Wildman–Crippen MR) is 445 cm³/mol. The van der Waals surface area contributed by atoms with Crippen molar-refractivity contribution in [3.05, 3.63) is 235 Å². The van der Waals surface area contributed by atoms with Gasteiger partial charge in [0.05, 0.1) is 135 Å². The van der Waals surface area contributed by atoms with E-state index < -0.39 is 140 Å². The number of benzene rings is 8. The maximum Gasteiger partial charge on any atom is 0.264 e. The van der Waals surface area contributed by atoms with E-state index in [1.54, 1.807) is 99.6 Å². The fourth-order valence-corrected chi connectivity index (χ4v) is 17.8. The summed E-state index contributed by atoms with van der Waals surface area (Å²) in [4.78, 5) is 155. The van der Waals surface area contributed by atoms with Gasteiger partial charge < -0.3 is 40.6 Å². The molecular formula is C84H88N8O24S4. The van der Waals surface area contributed by atoms with Gasteiger partial charge in [0.25, 0.3) is 47.3 Å². The van der Waals surface area contributed by atoms with Crippen LogP contribution in [0.4, 0.5) is 22.7 Å². The summed E-state index contributed by atoms with van der Waals surface area (Å²) in [5, 5.41) is 20.0. The van der Waals surface area contributed by atoms with Crippen LogP contribution in [0.15, 0.2) is 146 Å². The molecule has 0 saturated carbocycles. The smallest absolute Gasteiger partial charge is 0.264 e. The Bertz CT molecular complexity index is 5910. The third-order valence-corrected chi connectivity index (χ3v) is 22.9. The standard InChI is InChI=1S/C22H24N2O6S.2C21H22N2O6S.C20H20N2O6S/c1-5-30-19-11-15(10-9-13(19)2)18(12-31(4,28)29)24-21(26)16-7-6-8-17(23-14(3)25)20(16)22(24)27;2*1-12-10-14(8-9-18(12)29-3)17(11-30(4,27)28)23-20(25)15-6-5-7-16(22-13(2)24)19(15)21(23)26;1-11-9-13(7-8-17(11)24)16(10-29(3,27)28)22-19(25)14-5-4-6-15(21-12(2)23)18(14)20(22)26/h6-11,18H,5,12H2,1-4H3,(H,23,25);2*5-10,17H,11H2,1-4H3,(H,22,24);4-9,16,24H,10H2,1-3H3,(H,21,23)/t18-;2*17-;16-/m0000/s1. The van der Waals surface area contributed by atoms with Gasteiger partial charge in [-0.3, -0.25) is 77.1 Å². The molecule has 36 heteroatoms. The Kier molecular flexibility index (Phi) is 27.8. The summed E-state index contributed by atoms with van der Waals surface area (Å²) in [5.41, 5.74) is 6.15. The summed E-state index contributed by atoms with van der Waals surface area (Å²) in [6.07, 6.45) is 4.18. The number of sulfone groups is 4. The molecule has 4 heterocycles. The van der Waals surface area contributed by atoms with Gasteiger partial charge >= 0.3 is 0 Å². The van der Waals surface area contributed by atoms with E-state index in [2.05, 4.69) is 21.3 Å². The maximum atomic E-state index is 13.3. The lowest BCUT2D eigenvalue weighted by Crippen LogP contribution is -2.37. The highest BCUT2D eigenvalue weighted by atomic mass is 32.2. The molecule has 0 fully saturated rings. The highest BCUT2D eigenvalue weighted by Crippen LogP contribution is 2.43. The average molecular weight is 1720 g/mol. The largest absolute Gasteiger partial charge is 0.508 e. The topological polar surface area (TPSA) is 450 Å². The van der Waals surface area contributed by atoms with E-state index in [-0.39, 0.29) is 90.7 Å². The fraction of sp³-hybridized carbons (Fsp3) is 0.286. The SMILES string of the molecule is CC(=O)Nc1cccc2c1C(=O)N([C@@H](CS(C)(=O)=O)c1ccc(O)c(C)c1)C2=O.CCOc1cc([C@H](CS(C)(=O)=O)N2C(=O)c3cccc(NC(C)=O)c3C2=O)ccc1C.COc1ccc([C@H](CS(C)(=O)=O)N2C(=O)c3cccc(NC(C)=O)c3C2=O)cc1C.COc1ccc([C@H](CS(C)(=O)=O)N2C(=O)c3cccc(NC(C)=O)c3C2=O)cc1C. The lowest BCUT2D eigenvalue weighted by atomic mass is 10.0. The minimum absolute atomic E-state index is 0.0159. The number of nitrogens with one attached hydrogen (secondary N) is 4. The van der Waals surface area contributed by atoms with Gasteiger partial charge in [-0.15, -0.1) is 0 Å². The number of rotatable bonds is 24. The molecule has 8 aromatic carbocycles. The molecule has 12 rings (SSSR count). The Balaban J connectivity index is 0.000000182. The number of amides is 12.